The summed E-state index contributed by atoms with van der Waals surface area (Å²) in [5.41, 5.74) is 5.03. The van der Waals surface area contributed by atoms with E-state index in [1.807, 2.05) is 88.4 Å². The van der Waals surface area contributed by atoms with Crippen molar-refractivity contribution in [2.75, 3.05) is 20.3 Å². The third kappa shape index (κ3) is 7.84. The number of carbonyl (C=O) groups excluding carboxylic acids is 2. The van der Waals surface area contributed by atoms with Crippen LogP contribution in [-0.4, -0.2) is 43.0 Å². The van der Waals surface area contributed by atoms with Gasteiger partial charge in [0.25, 0.3) is 5.91 Å². The summed E-state index contributed by atoms with van der Waals surface area (Å²) in [6, 6.07) is 20.7. The largest absolute Gasteiger partial charge is 0.497 e. The minimum atomic E-state index is -0.698. The lowest BCUT2D eigenvalue weighted by atomic mass is 10.0. The van der Waals surface area contributed by atoms with Crippen LogP contribution in [0, 0.1) is 20.8 Å². The van der Waals surface area contributed by atoms with Crippen molar-refractivity contribution >= 4 is 11.8 Å². The average Bonchev–Trinajstić information content (AvgIpc) is 2.90. The molecule has 0 spiro atoms. The fourth-order valence-corrected chi connectivity index (χ4v) is 4.26. The quantitative estimate of drug-likeness (QED) is 0.371. The van der Waals surface area contributed by atoms with E-state index in [0.29, 0.717) is 24.5 Å². The molecule has 0 radical (unpaired) electrons. The highest BCUT2D eigenvalue weighted by molar-refractivity contribution is 5.88. The molecular formula is C31H38N2O4. The molecule has 3 rings (SSSR count). The van der Waals surface area contributed by atoms with Crippen LogP contribution in [0.1, 0.15) is 41.2 Å². The van der Waals surface area contributed by atoms with Crippen LogP contribution in [0.2, 0.25) is 0 Å². The van der Waals surface area contributed by atoms with E-state index in [9.17, 15) is 9.59 Å². The number of amides is 2. The van der Waals surface area contributed by atoms with Gasteiger partial charge in [0, 0.05) is 19.5 Å². The van der Waals surface area contributed by atoms with Crippen molar-refractivity contribution in [2.45, 2.75) is 53.1 Å². The fourth-order valence-electron chi connectivity index (χ4n) is 4.26. The predicted molar refractivity (Wildman–Crippen MR) is 147 cm³/mol. The maximum atomic E-state index is 13.8. The van der Waals surface area contributed by atoms with Gasteiger partial charge in [-0.05, 0) is 73.2 Å². The van der Waals surface area contributed by atoms with Crippen LogP contribution >= 0.6 is 0 Å². The van der Waals surface area contributed by atoms with Gasteiger partial charge in [-0.2, -0.15) is 0 Å². The summed E-state index contributed by atoms with van der Waals surface area (Å²) < 4.78 is 11.4. The van der Waals surface area contributed by atoms with Crippen molar-refractivity contribution in [1.82, 2.24) is 10.2 Å². The summed E-state index contributed by atoms with van der Waals surface area (Å²) in [5.74, 6) is 0.947. The van der Waals surface area contributed by atoms with Crippen LogP contribution in [0.25, 0.3) is 0 Å². The van der Waals surface area contributed by atoms with Crippen molar-refractivity contribution in [3.05, 3.63) is 94.5 Å². The number of methoxy groups -OCH3 is 1. The topological polar surface area (TPSA) is 67.9 Å². The molecule has 2 amide bonds. The fraction of sp³-hybridized carbons (Fsp3) is 0.355. The maximum absolute atomic E-state index is 13.8. The molecule has 1 atom stereocenters. The summed E-state index contributed by atoms with van der Waals surface area (Å²) in [6.45, 7) is 8.65. The van der Waals surface area contributed by atoms with Crippen LogP contribution in [0.15, 0.2) is 66.7 Å². The molecule has 0 unspecified atom stereocenters. The standard InChI is InChI=1S/C31H38N2O4/c1-6-15-32-31(35)28(19-25-11-8-7-9-12-25)33(20-26-13-10-14-27(18-26)36-5)30(34)21-37-29-17-22(2)16-23(3)24(29)4/h7-14,16-18,28H,6,15,19-21H2,1-5H3,(H,32,35)/t28-/m0/s1. The van der Waals surface area contributed by atoms with Gasteiger partial charge in [-0.15, -0.1) is 0 Å². The first kappa shape index (κ1) is 27.8. The number of carbonyl (C=O) groups is 2. The average molecular weight is 503 g/mol. The second-order valence-corrected chi connectivity index (χ2v) is 9.36. The highest BCUT2D eigenvalue weighted by Gasteiger charge is 2.30. The van der Waals surface area contributed by atoms with E-state index >= 15 is 0 Å². The monoisotopic (exact) mass is 502 g/mol. The molecule has 0 aromatic heterocycles. The molecule has 0 saturated heterocycles. The number of aryl methyl sites for hydroxylation is 2. The molecule has 196 valence electrons. The molecule has 1 N–H and O–H groups in total. The molecule has 6 nitrogen and oxygen atoms in total. The molecule has 6 heteroatoms. The SMILES string of the molecule is CCCNC(=O)[C@H](Cc1ccccc1)N(Cc1cccc(OC)c1)C(=O)COc1cc(C)cc(C)c1C. The molecule has 0 fully saturated rings. The summed E-state index contributed by atoms with van der Waals surface area (Å²) >= 11 is 0. The number of ether oxygens (including phenoxy) is 2. The third-order valence-electron chi connectivity index (χ3n) is 6.42. The highest BCUT2D eigenvalue weighted by Crippen LogP contribution is 2.24. The zero-order valence-electron chi connectivity index (χ0n) is 22.5. The predicted octanol–water partition coefficient (Wildman–Crippen LogP) is 5.17. The number of hydrogen-bond donors (Lipinski definition) is 1. The molecule has 3 aromatic rings. The molecule has 3 aromatic carbocycles. The second-order valence-electron chi connectivity index (χ2n) is 9.36. The van der Waals surface area contributed by atoms with Gasteiger partial charge in [-0.1, -0.05) is 55.5 Å². The first-order valence-corrected chi connectivity index (χ1v) is 12.8. The Kier molecular flexibility index (Phi) is 10.1. The third-order valence-corrected chi connectivity index (χ3v) is 6.42. The van der Waals surface area contributed by atoms with Gasteiger partial charge < -0.3 is 19.7 Å². The van der Waals surface area contributed by atoms with Crippen LogP contribution in [0.3, 0.4) is 0 Å². The Morgan fingerprint density at radius 3 is 2.38 bits per heavy atom. The van der Waals surface area contributed by atoms with Gasteiger partial charge in [0.15, 0.2) is 6.61 Å². The van der Waals surface area contributed by atoms with Gasteiger partial charge in [0.2, 0.25) is 5.91 Å². The summed E-state index contributed by atoms with van der Waals surface area (Å²) in [7, 11) is 1.61. The Bertz CT molecular complexity index is 1190. The smallest absolute Gasteiger partial charge is 0.261 e. The Labute approximate surface area is 220 Å². The lowest BCUT2D eigenvalue weighted by Crippen LogP contribution is -2.51. The Balaban J connectivity index is 1.94. The van der Waals surface area contributed by atoms with Crippen molar-refractivity contribution in [1.29, 1.82) is 0 Å². The molecule has 0 aliphatic rings. The molecule has 0 aliphatic heterocycles. The van der Waals surface area contributed by atoms with Crippen LogP contribution in [0.5, 0.6) is 11.5 Å². The lowest BCUT2D eigenvalue weighted by Gasteiger charge is -2.31. The van der Waals surface area contributed by atoms with Gasteiger partial charge in [0.1, 0.15) is 17.5 Å². The molecule has 0 bridgehead atoms. The first-order valence-electron chi connectivity index (χ1n) is 12.8. The molecule has 37 heavy (non-hydrogen) atoms. The number of benzene rings is 3. The first-order chi connectivity index (χ1) is 17.8. The van der Waals surface area contributed by atoms with Crippen molar-refractivity contribution < 1.29 is 19.1 Å². The highest BCUT2D eigenvalue weighted by atomic mass is 16.5. The van der Waals surface area contributed by atoms with E-state index < -0.39 is 6.04 Å². The molecular weight excluding hydrogens is 464 g/mol. The minimum Gasteiger partial charge on any atom is -0.497 e. The summed E-state index contributed by atoms with van der Waals surface area (Å²) in [4.78, 5) is 28.8. The van der Waals surface area contributed by atoms with Gasteiger partial charge >= 0.3 is 0 Å². The van der Waals surface area contributed by atoms with Crippen LogP contribution in [-0.2, 0) is 22.6 Å². The molecule has 0 saturated carbocycles. The van der Waals surface area contributed by atoms with E-state index in [0.717, 1.165) is 34.2 Å². The van der Waals surface area contributed by atoms with Crippen molar-refractivity contribution in [3.63, 3.8) is 0 Å². The summed E-state index contributed by atoms with van der Waals surface area (Å²) in [5, 5.41) is 3.00. The van der Waals surface area contributed by atoms with Crippen LogP contribution < -0.4 is 14.8 Å². The maximum Gasteiger partial charge on any atom is 0.261 e. The number of rotatable bonds is 12. The van der Waals surface area contributed by atoms with Gasteiger partial charge in [0.05, 0.1) is 7.11 Å². The van der Waals surface area contributed by atoms with E-state index in [1.54, 1.807) is 12.0 Å². The Hall–Kier alpha value is -3.80. The van der Waals surface area contributed by atoms with E-state index in [1.165, 1.54) is 0 Å². The van der Waals surface area contributed by atoms with E-state index in [-0.39, 0.29) is 25.0 Å². The van der Waals surface area contributed by atoms with E-state index in [2.05, 4.69) is 11.4 Å². The zero-order chi connectivity index (χ0) is 26.8. The Morgan fingerprint density at radius 2 is 1.68 bits per heavy atom. The normalized spacial score (nSPS) is 11.5. The van der Waals surface area contributed by atoms with Crippen molar-refractivity contribution in [2.24, 2.45) is 0 Å². The number of hydrogen-bond acceptors (Lipinski definition) is 4. The number of nitrogens with one attached hydrogen (secondary N) is 1. The van der Waals surface area contributed by atoms with Gasteiger partial charge in [-0.25, -0.2) is 0 Å². The molecule has 0 aliphatic carbocycles. The minimum absolute atomic E-state index is 0.167. The second kappa shape index (κ2) is 13.5. The van der Waals surface area contributed by atoms with Gasteiger partial charge in [-0.3, -0.25) is 9.59 Å². The lowest BCUT2D eigenvalue weighted by molar-refractivity contribution is -0.142. The molecule has 0 heterocycles. The zero-order valence-corrected chi connectivity index (χ0v) is 22.5. The number of nitrogens with zero attached hydrogens (tertiary/aromatic N) is 1. The van der Waals surface area contributed by atoms with E-state index in [4.69, 9.17) is 9.47 Å². The van der Waals surface area contributed by atoms with Crippen molar-refractivity contribution in [3.8, 4) is 11.5 Å². The summed E-state index contributed by atoms with van der Waals surface area (Å²) in [6.07, 6.45) is 1.21. The van der Waals surface area contributed by atoms with Crippen LogP contribution in [0.4, 0.5) is 0 Å². The Morgan fingerprint density at radius 1 is 0.946 bits per heavy atom.